The summed E-state index contributed by atoms with van der Waals surface area (Å²) >= 11 is 0. The molecule has 0 aromatic heterocycles. The van der Waals surface area contributed by atoms with Gasteiger partial charge >= 0.3 is 13.8 Å². The number of ether oxygens (including phenoxy) is 1. The molecule has 0 rings (SSSR count). The summed E-state index contributed by atoms with van der Waals surface area (Å²) in [7, 11) is -4.41. The number of carbonyl (C=O) groups excluding carboxylic acids is 2. The van der Waals surface area contributed by atoms with Gasteiger partial charge in [0.05, 0.1) is 13.2 Å². The maximum absolute atomic E-state index is 12.0. The highest BCUT2D eigenvalue weighted by Crippen LogP contribution is 2.42. The number of hydrogen-bond donors (Lipinski definition) is 3. The third kappa shape index (κ3) is 36.0. The zero-order valence-corrected chi connectivity index (χ0v) is 31.8. The van der Waals surface area contributed by atoms with Crippen LogP contribution in [-0.4, -0.2) is 54.3 Å². The Hall–Kier alpha value is -1.25. The van der Waals surface area contributed by atoms with Gasteiger partial charge in [-0.2, -0.15) is 0 Å². The fraction of sp³-hybridized carbons (Fsp3) is 0.895. The van der Waals surface area contributed by atoms with Gasteiger partial charge in [-0.25, -0.2) is 4.57 Å². The van der Waals surface area contributed by atoms with Crippen LogP contribution in [0.4, 0.5) is 0 Å². The summed E-state index contributed by atoms with van der Waals surface area (Å²) in [6, 6.07) is 0. The Kier molecular flexibility index (Phi) is 34.6. The van der Waals surface area contributed by atoms with Crippen LogP contribution in [0.25, 0.3) is 0 Å². The van der Waals surface area contributed by atoms with Crippen LogP contribution >= 0.6 is 7.82 Å². The molecule has 10 heteroatoms. The molecule has 2 unspecified atom stereocenters. The predicted octanol–water partition coefficient (Wildman–Crippen LogP) is 10.3. The van der Waals surface area contributed by atoms with Crippen LogP contribution in [0.2, 0.25) is 0 Å². The molecule has 0 spiro atoms. The number of esters is 1. The molecular weight excluding hydrogens is 629 g/mol. The summed E-state index contributed by atoms with van der Waals surface area (Å²) in [6.45, 7) is 3.54. The Morgan fingerprint density at radius 3 is 1.56 bits per heavy atom. The molecule has 0 radical (unpaired) electrons. The largest absolute Gasteiger partial charge is 0.472 e. The number of carbonyl (C=O) groups is 2. The first-order valence-electron chi connectivity index (χ1n) is 19.7. The zero-order valence-electron chi connectivity index (χ0n) is 30.9. The van der Waals surface area contributed by atoms with Gasteiger partial charge in [-0.3, -0.25) is 18.6 Å². The van der Waals surface area contributed by atoms with E-state index in [4.69, 9.17) is 13.8 Å². The van der Waals surface area contributed by atoms with E-state index < -0.39 is 26.5 Å². The number of unbranched alkanes of at least 4 members (excludes halogenated alkanes) is 22. The standard InChI is InChI=1S/C38H74NO8P/c1-3-5-7-9-11-13-15-17-19-20-22-24-26-28-30-37(41)39-32-33-46-48(43,44)47-35-36(40)34-45-38(42)31-29-27-25-23-21-18-16-14-12-10-8-6-4-2/h15,17,36,40H,3-14,16,18-35H2,1-2H3,(H,39,41)(H,43,44)/b17-15-. The number of phosphoric ester groups is 1. The van der Waals surface area contributed by atoms with Gasteiger partial charge in [-0.15, -0.1) is 0 Å². The van der Waals surface area contributed by atoms with Crippen molar-refractivity contribution in [2.75, 3.05) is 26.4 Å². The van der Waals surface area contributed by atoms with E-state index in [1.54, 1.807) is 0 Å². The number of allylic oxidation sites excluding steroid dienone is 2. The van der Waals surface area contributed by atoms with Crippen LogP contribution < -0.4 is 5.32 Å². The van der Waals surface area contributed by atoms with Crippen molar-refractivity contribution in [3.8, 4) is 0 Å². The summed E-state index contributed by atoms with van der Waals surface area (Å²) in [5, 5.41) is 12.6. The Balaban J connectivity index is 3.61. The number of hydrogen-bond acceptors (Lipinski definition) is 7. The van der Waals surface area contributed by atoms with Crippen molar-refractivity contribution >= 4 is 19.7 Å². The molecule has 3 N–H and O–H groups in total. The normalized spacial score (nSPS) is 13.5. The first-order valence-corrected chi connectivity index (χ1v) is 21.2. The molecule has 0 saturated heterocycles. The number of aliphatic hydroxyl groups is 1. The van der Waals surface area contributed by atoms with Crippen molar-refractivity contribution in [2.45, 2.75) is 193 Å². The van der Waals surface area contributed by atoms with E-state index in [9.17, 15) is 24.2 Å². The van der Waals surface area contributed by atoms with Gasteiger partial charge in [-0.1, -0.05) is 148 Å². The summed E-state index contributed by atoms with van der Waals surface area (Å²) < 4.78 is 26.8. The summed E-state index contributed by atoms with van der Waals surface area (Å²) in [4.78, 5) is 33.8. The molecule has 1 amide bonds. The monoisotopic (exact) mass is 704 g/mol. The van der Waals surface area contributed by atoms with Crippen LogP contribution in [0.3, 0.4) is 0 Å². The minimum Gasteiger partial charge on any atom is -0.463 e. The van der Waals surface area contributed by atoms with Crippen molar-refractivity contribution < 1.29 is 37.9 Å². The lowest BCUT2D eigenvalue weighted by molar-refractivity contribution is -0.147. The van der Waals surface area contributed by atoms with Gasteiger partial charge in [0.2, 0.25) is 5.91 Å². The van der Waals surface area contributed by atoms with E-state index in [0.717, 1.165) is 44.9 Å². The van der Waals surface area contributed by atoms with Crippen LogP contribution in [0, 0.1) is 0 Å². The van der Waals surface area contributed by atoms with Crippen molar-refractivity contribution in [1.82, 2.24) is 5.32 Å². The third-order valence-corrected chi connectivity index (χ3v) is 9.43. The number of rotatable bonds is 37. The molecule has 0 saturated carbocycles. The lowest BCUT2D eigenvalue weighted by Crippen LogP contribution is -2.27. The number of nitrogens with one attached hydrogen (secondary N) is 1. The second-order valence-electron chi connectivity index (χ2n) is 13.3. The Bertz CT molecular complexity index is 810. The first kappa shape index (κ1) is 46.8. The van der Waals surface area contributed by atoms with Crippen molar-refractivity contribution in [1.29, 1.82) is 0 Å². The molecule has 9 nitrogen and oxygen atoms in total. The Labute approximate surface area is 294 Å². The highest BCUT2D eigenvalue weighted by molar-refractivity contribution is 7.47. The molecule has 284 valence electrons. The number of aliphatic hydroxyl groups excluding tert-OH is 1. The summed E-state index contributed by atoms with van der Waals surface area (Å²) in [5.74, 6) is -0.520. The van der Waals surface area contributed by atoms with Gasteiger partial charge in [0, 0.05) is 19.4 Å². The van der Waals surface area contributed by atoms with Gasteiger partial charge < -0.3 is 20.1 Å². The van der Waals surface area contributed by atoms with Gasteiger partial charge in [0.1, 0.15) is 12.7 Å². The molecule has 0 heterocycles. The molecule has 0 aliphatic rings. The molecule has 0 aliphatic heterocycles. The highest BCUT2D eigenvalue weighted by Gasteiger charge is 2.23. The van der Waals surface area contributed by atoms with Gasteiger partial charge in [0.15, 0.2) is 0 Å². The minimum atomic E-state index is -4.41. The molecule has 0 fully saturated rings. The first-order chi connectivity index (χ1) is 23.3. The van der Waals surface area contributed by atoms with E-state index in [-0.39, 0.29) is 32.1 Å². The lowest BCUT2D eigenvalue weighted by Gasteiger charge is -2.15. The topological polar surface area (TPSA) is 131 Å². The van der Waals surface area contributed by atoms with E-state index in [1.807, 2.05) is 0 Å². The Morgan fingerprint density at radius 1 is 0.625 bits per heavy atom. The smallest absolute Gasteiger partial charge is 0.463 e. The van der Waals surface area contributed by atoms with Crippen molar-refractivity contribution in [3.63, 3.8) is 0 Å². The average Bonchev–Trinajstić information content (AvgIpc) is 3.07. The minimum absolute atomic E-state index is 0.0804. The van der Waals surface area contributed by atoms with E-state index in [0.29, 0.717) is 6.42 Å². The van der Waals surface area contributed by atoms with Crippen LogP contribution in [0.5, 0.6) is 0 Å². The number of phosphoric acid groups is 1. The maximum Gasteiger partial charge on any atom is 0.472 e. The quantitative estimate of drug-likeness (QED) is 0.0252. The second kappa shape index (κ2) is 35.6. The summed E-state index contributed by atoms with van der Waals surface area (Å²) in [6.07, 6.45) is 34.2. The maximum atomic E-state index is 12.0. The predicted molar refractivity (Wildman–Crippen MR) is 197 cm³/mol. The number of amides is 1. The lowest BCUT2D eigenvalue weighted by atomic mass is 10.0. The SMILES string of the molecule is CCCCCCC/C=C\CCCCCCCC(=O)NCCOP(=O)(O)OCC(O)COC(=O)CCCCCCCCCCCCCCC. The van der Waals surface area contributed by atoms with Crippen molar-refractivity contribution in [2.24, 2.45) is 0 Å². The molecule has 0 aromatic rings. The average molecular weight is 704 g/mol. The fourth-order valence-corrected chi connectivity index (χ4v) is 6.19. The molecule has 0 aromatic carbocycles. The molecule has 0 bridgehead atoms. The van der Waals surface area contributed by atoms with Crippen LogP contribution in [-0.2, 0) is 27.9 Å². The third-order valence-electron chi connectivity index (χ3n) is 8.45. The van der Waals surface area contributed by atoms with E-state index >= 15 is 0 Å². The van der Waals surface area contributed by atoms with Gasteiger partial charge in [-0.05, 0) is 38.5 Å². The van der Waals surface area contributed by atoms with Crippen LogP contribution in [0.1, 0.15) is 187 Å². The fourth-order valence-electron chi connectivity index (χ4n) is 5.43. The Morgan fingerprint density at radius 2 is 1.06 bits per heavy atom. The van der Waals surface area contributed by atoms with Gasteiger partial charge in [0.25, 0.3) is 0 Å². The molecule has 48 heavy (non-hydrogen) atoms. The van der Waals surface area contributed by atoms with Crippen molar-refractivity contribution in [3.05, 3.63) is 12.2 Å². The highest BCUT2D eigenvalue weighted by atomic mass is 31.2. The van der Waals surface area contributed by atoms with E-state index in [2.05, 4.69) is 31.3 Å². The van der Waals surface area contributed by atoms with Crippen LogP contribution in [0.15, 0.2) is 12.2 Å². The second-order valence-corrected chi connectivity index (χ2v) is 14.7. The molecular formula is C38H74NO8P. The molecule has 2 atom stereocenters. The van der Waals surface area contributed by atoms with E-state index in [1.165, 1.54) is 116 Å². The summed E-state index contributed by atoms with van der Waals surface area (Å²) in [5.41, 5.74) is 0. The molecule has 0 aliphatic carbocycles. The zero-order chi connectivity index (χ0) is 35.4.